The minimum absolute atomic E-state index is 0.839. The fourth-order valence-corrected chi connectivity index (χ4v) is 2.16. The molecule has 19 heavy (non-hydrogen) atoms. The van der Waals surface area contributed by atoms with E-state index in [9.17, 15) is 0 Å². The highest BCUT2D eigenvalue weighted by molar-refractivity contribution is 5.79. The lowest BCUT2D eigenvalue weighted by Gasteiger charge is -2.04. The van der Waals surface area contributed by atoms with E-state index in [2.05, 4.69) is 39.6 Å². The molecule has 0 saturated heterocycles. The van der Waals surface area contributed by atoms with Gasteiger partial charge in [0.05, 0.1) is 12.7 Å². The highest BCUT2D eigenvalue weighted by Crippen LogP contribution is 2.14. The first-order valence-corrected chi connectivity index (χ1v) is 6.44. The molecule has 0 aliphatic heterocycles. The van der Waals surface area contributed by atoms with Gasteiger partial charge in [-0.3, -0.25) is 4.68 Å². The number of aromatic nitrogens is 4. The molecule has 3 aromatic heterocycles. The first kappa shape index (κ1) is 11.9. The van der Waals surface area contributed by atoms with Crippen molar-refractivity contribution in [2.24, 2.45) is 0 Å². The molecule has 0 atom stereocenters. The van der Waals surface area contributed by atoms with Crippen LogP contribution in [-0.4, -0.2) is 26.3 Å². The van der Waals surface area contributed by atoms with Crippen molar-refractivity contribution in [2.75, 3.05) is 6.54 Å². The molecule has 0 radical (unpaired) electrons. The summed E-state index contributed by atoms with van der Waals surface area (Å²) in [6.45, 7) is 4.67. The lowest BCUT2D eigenvalue weighted by Crippen LogP contribution is -2.19. The molecule has 0 amide bonds. The SMILES string of the molecule is Cc1cnn(CCNCc2c[nH]c3ncccc23)c1. The van der Waals surface area contributed by atoms with Crippen molar-refractivity contribution in [1.29, 1.82) is 0 Å². The maximum absolute atomic E-state index is 4.28. The quantitative estimate of drug-likeness (QED) is 0.684. The molecule has 0 spiro atoms. The van der Waals surface area contributed by atoms with E-state index < -0.39 is 0 Å². The Morgan fingerprint density at radius 2 is 2.37 bits per heavy atom. The summed E-state index contributed by atoms with van der Waals surface area (Å²) in [5.74, 6) is 0. The number of rotatable bonds is 5. The van der Waals surface area contributed by atoms with Crippen molar-refractivity contribution < 1.29 is 0 Å². The largest absolute Gasteiger partial charge is 0.346 e. The maximum Gasteiger partial charge on any atom is 0.137 e. The van der Waals surface area contributed by atoms with Gasteiger partial charge in [0.2, 0.25) is 0 Å². The molecule has 0 bridgehead atoms. The Bertz CT molecular complexity index is 667. The average Bonchev–Trinajstić information content (AvgIpc) is 3.02. The molecule has 0 unspecified atom stereocenters. The Morgan fingerprint density at radius 3 is 3.21 bits per heavy atom. The van der Waals surface area contributed by atoms with Gasteiger partial charge in [0.15, 0.2) is 0 Å². The zero-order chi connectivity index (χ0) is 13.1. The number of hydrogen-bond acceptors (Lipinski definition) is 3. The van der Waals surface area contributed by atoms with Gasteiger partial charge in [0, 0.05) is 37.1 Å². The van der Waals surface area contributed by atoms with E-state index in [-0.39, 0.29) is 0 Å². The normalized spacial score (nSPS) is 11.2. The van der Waals surface area contributed by atoms with Crippen LogP contribution in [0.4, 0.5) is 0 Å². The van der Waals surface area contributed by atoms with Gasteiger partial charge in [-0.15, -0.1) is 0 Å². The first-order chi connectivity index (χ1) is 9.33. The molecule has 0 aliphatic carbocycles. The molecule has 0 fully saturated rings. The van der Waals surface area contributed by atoms with Crippen LogP contribution >= 0.6 is 0 Å². The van der Waals surface area contributed by atoms with Gasteiger partial charge in [0.25, 0.3) is 0 Å². The summed E-state index contributed by atoms with van der Waals surface area (Å²) >= 11 is 0. The summed E-state index contributed by atoms with van der Waals surface area (Å²) in [5.41, 5.74) is 3.39. The van der Waals surface area contributed by atoms with Crippen LogP contribution in [0.1, 0.15) is 11.1 Å². The van der Waals surface area contributed by atoms with Gasteiger partial charge in [-0.25, -0.2) is 4.98 Å². The lowest BCUT2D eigenvalue weighted by atomic mass is 10.2. The molecule has 0 aliphatic rings. The van der Waals surface area contributed by atoms with Crippen molar-refractivity contribution in [1.82, 2.24) is 25.1 Å². The van der Waals surface area contributed by atoms with E-state index >= 15 is 0 Å². The van der Waals surface area contributed by atoms with Gasteiger partial charge in [-0.2, -0.15) is 5.10 Å². The Balaban J connectivity index is 1.55. The van der Waals surface area contributed by atoms with Gasteiger partial charge in [-0.1, -0.05) is 0 Å². The number of aromatic amines is 1. The second-order valence-corrected chi connectivity index (χ2v) is 4.67. The number of hydrogen-bond donors (Lipinski definition) is 2. The Hall–Kier alpha value is -2.14. The number of H-pyrrole nitrogens is 1. The van der Waals surface area contributed by atoms with Crippen molar-refractivity contribution in [2.45, 2.75) is 20.0 Å². The topological polar surface area (TPSA) is 58.5 Å². The average molecular weight is 255 g/mol. The minimum atomic E-state index is 0.839. The molecular weight excluding hydrogens is 238 g/mol. The predicted molar refractivity (Wildman–Crippen MR) is 74.8 cm³/mol. The maximum atomic E-state index is 4.28. The standard InChI is InChI=1S/C14H17N5/c1-11-7-18-19(10-11)6-5-15-8-12-9-17-14-13(12)3-2-4-16-14/h2-4,7,9-10,15H,5-6,8H2,1H3,(H,16,17). The molecular formula is C14H17N5. The highest BCUT2D eigenvalue weighted by Gasteiger charge is 2.02. The summed E-state index contributed by atoms with van der Waals surface area (Å²) in [6.07, 6.45) is 7.75. The predicted octanol–water partition coefficient (Wildman–Crippen LogP) is 1.86. The molecule has 3 heterocycles. The van der Waals surface area contributed by atoms with E-state index in [1.54, 1.807) is 6.20 Å². The van der Waals surface area contributed by atoms with Crippen LogP contribution in [0.15, 0.2) is 36.9 Å². The van der Waals surface area contributed by atoms with E-state index in [1.165, 1.54) is 16.5 Å². The van der Waals surface area contributed by atoms with Crippen molar-refractivity contribution in [3.05, 3.63) is 48.0 Å². The third-order valence-corrected chi connectivity index (χ3v) is 3.13. The van der Waals surface area contributed by atoms with Crippen molar-refractivity contribution in [3.8, 4) is 0 Å². The van der Waals surface area contributed by atoms with Crippen LogP contribution in [0.2, 0.25) is 0 Å². The Kier molecular flexibility index (Phi) is 3.29. The van der Waals surface area contributed by atoms with E-state index in [4.69, 9.17) is 0 Å². The number of nitrogens with zero attached hydrogens (tertiary/aromatic N) is 3. The summed E-state index contributed by atoms with van der Waals surface area (Å²) in [6, 6.07) is 4.05. The molecule has 0 saturated carbocycles. The molecule has 0 aromatic carbocycles. The van der Waals surface area contributed by atoms with Gasteiger partial charge >= 0.3 is 0 Å². The van der Waals surface area contributed by atoms with Crippen LogP contribution in [0, 0.1) is 6.92 Å². The lowest BCUT2D eigenvalue weighted by molar-refractivity contribution is 0.555. The number of fused-ring (bicyclic) bond motifs is 1. The van der Waals surface area contributed by atoms with E-state index in [0.29, 0.717) is 0 Å². The van der Waals surface area contributed by atoms with Crippen LogP contribution in [0.5, 0.6) is 0 Å². The molecule has 3 aromatic rings. The molecule has 5 nitrogen and oxygen atoms in total. The third-order valence-electron chi connectivity index (χ3n) is 3.13. The summed E-state index contributed by atoms with van der Waals surface area (Å²) in [4.78, 5) is 7.46. The van der Waals surface area contributed by atoms with Crippen molar-refractivity contribution in [3.63, 3.8) is 0 Å². The van der Waals surface area contributed by atoms with Crippen LogP contribution < -0.4 is 5.32 Å². The van der Waals surface area contributed by atoms with Crippen molar-refractivity contribution >= 4 is 11.0 Å². The fraction of sp³-hybridized carbons (Fsp3) is 0.286. The zero-order valence-electron chi connectivity index (χ0n) is 10.9. The minimum Gasteiger partial charge on any atom is -0.346 e. The molecule has 98 valence electrons. The zero-order valence-corrected chi connectivity index (χ0v) is 10.9. The first-order valence-electron chi connectivity index (χ1n) is 6.44. The monoisotopic (exact) mass is 255 g/mol. The molecule has 5 heteroatoms. The smallest absolute Gasteiger partial charge is 0.137 e. The third kappa shape index (κ3) is 2.66. The summed E-state index contributed by atoms with van der Waals surface area (Å²) in [7, 11) is 0. The number of pyridine rings is 1. The van der Waals surface area contributed by atoms with Crippen LogP contribution in [0.3, 0.4) is 0 Å². The number of aryl methyl sites for hydroxylation is 1. The van der Waals surface area contributed by atoms with Crippen LogP contribution in [-0.2, 0) is 13.1 Å². The van der Waals surface area contributed by atoms with Gasteiger partial charge < -0.3 is 10.3 Å². The summed E-state index contributed by atoms with van der Waals surface area (Å²) < 4.78 is 1.96. The van der Waals surface area contributed by atoms with Gasteiger partial charge in [-0.05, 0) is 30.2 Å². The summed E-state index contributed by atoms with van der Waals surface area (Å²) in [5, 5.41) is 8.87. The molecule has 2 N–H and O–H groups in total. The Labute approximate surface area is 111 Å². The fourth-order valence-electron chi connectivity index (χ4n) is 2.16. The molecule has 3 rings (SSSR count). The van der Waals surface area contributed by atoms with Crippen LogP contribution in [0.25, 0.3) is 11.0 Å². The second kappa shape index (κ2) is 5.24. The van der Waals surface area contributed by atoms with E-state index in [0.717, 1.165) is 25.3 Å². The second-order valence-electron chi connectivity index (χ2n) is 4.67. The van der Waals surface area contributed by atoms with E-state index in [1.807, 2.05) is 23.1 Å². The van der Waals surface area contributed by atoms with Gasteiger partial charge in [0.1, 0.15) is 5.65 Å². The number of nitrogens with one attached hydrogen (secondary N) is 2. The Morgan fingerprint density at radius 1 is 1.42 bits per heavy atom. The highest BCUT2D eigenvalue weighted by atomic mass is 15.3.